The second-order valence-corrected chi connectivity index (χ2v) is 6.33. The lowest BCUT2D eigenvalue weighted by Crippen LogP contribution is -2.26. The summed E-state index contributed by atoms with van der Waals surface area (Å²) < 4.78 is 29.1. The molecule has 0 heterocycles. The third-order valence-electron chi connectivity index (χ3n) is 2.38. The summed E-state index contributed by atoms with van der Waals surface area (Å²) in [7, 11) is -3.93. The van der Waals surface area contributed by atoms with Crippen LogP contribution in [0.1, 0.15) is 31.1 Å². The third kappa shape index (κ3) is 5.00. The molecule has 0 radical (unpaired) electrons. The van der Waals surface area contributed by atoms with Gasteiger partial charge in [-0.2, -0.15) is 0 Å². The molecule has 0 unspecified atom stereocenters. The van der Waals surface area contributed by atoms with Crippen molar-refractivity contribution in [3.63, 3.8) is 0 Å². The molecule has 1 aromatic carbocycles. The van der Waals surface area contributed by atoms with Crippen LogP contribution in [0.2, 0.25) is 0 Å². The third-order valence-corrected chi connectivity index (χ3v) is 3.59. The summed E-state index contributed by atoms with van der Waals surface area (Å²) in [6, 6.07) is 3.61. The molecule has 8 heteroatoms. The molecular formula is C13H19NO6S. The van der Waals surface area contributed by atoms with Gasteiger partial charge in [-0.05, 0) is 31.0 Å². The molecule has 0 aliphatic rings. The van der Waals surface area contributed by atoms with E-state index in [9.17, 15) is 13.2 Å². The molecule has 0 saturated heterocycles. The normalized spacial score (nSPS) is 11.6. The minimum Gasteiger partial charge on any atom is -0.493 e. The van der Waals surface area contributed by atoms with Gasteiger partial charge in [-0.1, -0.05) is 18.7 Å². The Morgan fingerprint density at radius 2 is 2.05 bits per heavy atom. The van der Waals surface area contributed by atoms with Gasteiger partial charge in [-0.3, -0.25) is 4.84 Å². The minimum atomic E-state index is -3.93. The topological polar surface area (TPSA) is 102 Å². The van der Waals surface area contributed by atoms with Gasteiger partial charge in [0.25, 0.3) is 10.0 Å². The fourth-order valence-corrected chi connectivity index (χ4v) is 2.29. The molecular weight excluding hydrogens is 298 g/mol. The smallest absolute Gasteiger partial charge is 0.339 e. The Morgan fingerprint density at radius 1 is 1.38 bits per heavy atom. The average Bonchev–Trinajstić information content (AvgIpc) is 2.38. The molecule has 0 saturated carbocycles. The maximum Gasteiger partial charge on any atom is 0.339 e. The van der Waals surface area contributed by atoms with Gasteiger partial charge in [0.05, 0.1) is 18.1 Å². The summed E-state index contributed by atoms with van der Waals surface area (Å²) in [5.74, 6) is -0.992. The Balaban J connectivity index is 3.02. The van der Waals surface area contributed by atoms with Crippen LogP contribution in [0.15, 0.2) is 23.1 Å². The van der Waals surface area contributed by atoms with Gasteiger partial charge in [0.1, 0.15) is 11.3 Å². The first-order valence-corrected chi connectivity index (χ1v) is 7.90. The van der Waals surface area contributed by atoms with Gasteiger partial charge in [0.15, 0.2) is 0 Å². The zero-order chi connectivity index (χ0) is 16.0. The zero-order valence-corrected chi connectivity index (χ0v) is 12.9. The van der Waals surface area contributed by atoms with Gasteiger partial charge in [0, 0.05) is 0 Å². The lowest BCUT2D eigenvalue weighted by atomic mass is 10.2. The van der Waals surface area contributed by atoms with Crippen LogP contribution in [0.5, 0.6) is 5.75 Å². The molecule has 0 fully saturated rings. The van der Waals surface area contributed by atoms with Gasteiger partial charge >= 0.3 is 5.97 Å². The Morgan fingerprint density at radius 3 is 2.57 bits per heavy atom. The molecule has 1 rings (SSSR count). The number of carbonyl (C=O) groups is 1. The molecule has 0 amide bonds. The van der Waals surface area contributed by atoms with Crippen molar-refractivity contribution in [2.45, 2.75) is 25.7 Å². The van der Waals surface area contributed by atoms with Gasteiger partial charge in [-0.15, -0.1) is 0 Å². The van der Waals surface area contributed by atoms with Crippen LogP contribution in [0.3, 0.4) is 0 Å². The van der Waals surface area contributed by atoms with E-state index in [1.54, 1.807) is 6.92 Å². The Hall–Kier alpha value is -1.64. The van der Waals surface area contributed by atoms with Crippen LogP contribution in [0, 0.1) is 5.92 Å². The summed E-state index contributed by atoms with van der Waals surface area (Å²) >= 11 is 0. The number of hydrogen-bond acceptors (Lipinski definition) is 5. The average molecular weight is 317 g/mol. The number of carboxylic acids is 1. The maximum atomic E-state index is 12.0. The molecule has 0 bridgehead atoms. The zero-order valence-electron chi connectivity index (χ0n) is 12.1. The van der Waals surface area contributed by atoms with Crippen LogP contribution in [-0.2, 0) is 14.9 Å². The molecule has 21 heavy (non-hydrogen) atoms. The maximum absolute atomic E-state index is 12.0. The highest BCUT2D eigenvalue weighted by atomic mass is 32.2. The fraction of sp³-hybridized carbons (Fsp3) is 0.462. The number of rotatable bonds is 8. The molecule has 7 nitrogen and oxygen atoms in total. The number of nitrogens with one attached hydrogen (secondary N) is 1. The molecule has 118 valence electrons. The fourth-order valence-electron chi connectivity index (χ4n) is 1.45. The van der Waals surface area contributed by atoms with E-state index in [-0.39, 0.29) is 35.3 Å². The monoisotopic (exact) mass is 317 g/mol. The van der Waals surface area contributed by atoms with Crippen LogP contribution in [0.4, 0.5) is 0 Å². The number of ether oxygens (including phenoxy) is 1. The SMILES string of the molecule is CCOc1ccc(S(=O)(=O)NOCC(C)C)cc1C(=O)O. The Bertz CT molecular complexity index is 597. The van der Waals surface area contributed by atoms with Gasteiger partial charge in [0.2, 0.25) is 0 Å². The Kier molecular flexibility index (Phi) is 6.13. The van der Waals surface area contributed by atoms with E-state index < -0.39 is 16.0 Å². The summed E-state index contributed by atoms with van der Waals surface area (Å²) in [4.78, 5) is 17.8. The highest BCUT2D eigenvalue weighted by Gasteiger charge is 2.20. The van der Waals surface area contributed by atoms with Crippen molar-refractivity contribution in [3.8, 4) is 5.75 Å². The quantitative estimate of drug-likeness (QED) is 0.707. The number of hydrogen-bond donors (Lipinski definition) is 2. The standard InChI is InChI=1S/C13H19NO6S/c1-4-19-12-6-5-10(7-11(12)13(15)16)21(17,18)14-20-8-9(2)3/h5-7,9,14H,4,8H2,1-3H3,(H,15,16). The van der Waals surface area contributed by atoms with Crippen LogP contribution < -0.4 is 9.62 Å². The van der Waals surface area contributed by atoms with E-state index in [1.807, 2.05) is 18.7 Å². The van der Waals surface area contributed by atoms with Crippen molar-refractivity contribution in [2.24, 2.45) is 5.92 Å². The van der Waals surface area contributed by atoms with Crippen molar-refractivity contribution in [3.05, 3.63) is 23.8 Å². The minimum absolute atomic E-state index is 0.118. The molecule has 0 atom stereocenters. The van der Waals surface area contributed by atoms with Crippen LogP contribution in [0.25, 0.3) is 0 Å². The Labute approximate surface area is 123 Å². The van der Waals surface area contributed by atoms with E-state index in [4.69, 9.17) is 14.7 Å². The first kappa shape index (κ1) is 17.4. The van der Waals surface area contributed by atoms with Crippen molar-refractivity contribution < 1.29 is 27.9 Å². The summed E-state index contributed by atoms with van der Waals surface area (Å²) in [6.45, 7) is 5.93. The molecule has 2 N–H and O–H groups in total. The highest BCUT2D eigenvalue weighted by molar-refractivity contribution is 7.89. The van der Waals surface area contributed by atoms with Crippen molar-refractivity contribution in [1.29, 1.82) is 0 Å². The van der Waals surface area contributed by atoms with E-state index in [0.29, 0.717) is 0 Å². The summed E-state index contributed by atoms with van der Waals surface area (Å²) in [5, 5.41) is 9.10. The largest absolute Gasteiger partial charge is 0.493 e. The summed E-state index contributed by atoms with van der Waals surface area (Å²) in [6.07, 6.45) is 0. The highest BCUT2D eigenvalue weighted by Crippen LogP contribution is 2.22. The predicted octanol–water partition coefficient (Wildman–Crippen LogP) is 1.65. The first-order chi connectivity index (χ1) is 9.77. The van der Waals surface area contributed by atoms with E-state index in [2.05, 4.69) is 0 Å². The molecule has 0 aromatic heterocycles. The second kappa shape index (κ2) is 7.39. The first-order valence-electron chi connectivity index (χ1n) is 6.41. The van der Waals surface area contributed by atoms with Crippen molar-refractivity contribution in [2.75, 3.05) is 13.2 Å². The lowest BCUT2D eigenvalue weighted by Gasteiger charge is -2.11. The summed E-state index contributed by atoms with van der Waals surface area (Å²) in [5.41, 5.74) is -0.219. The number of aromatic carboxylic acids is 1. The number of benzene rings is 1. The molecule has 0 aliphatic carbocycles. The number of carboxylic acid groups (broad SMARTS) is 1. The van der Waals surface area contributed by atoms with E-state index in [1.165, 1.54) is 12.1 Å². The van der Waals surface area contributed by atoms with Crippen LogP contribution >= 0.6 is 0 Å². The van der Waals surface area contributed by atoms with Gasteiger partial charge in [-0.25, -0.2) is 13.2 Å². The van der Waals surface area contributed by atoms with Crippen LogP contribution in [-0.4, -0.2) is 32.7 Å². The van der Waals surface area contributed by atoms with Crippen molar-refractivity contribution >= 4 is 16.0 Å². The second-order valence-electron chi connectivity index (χ2n) is 4.69. The van der Waals surface area contributed by atoms with Gasteiger partial charge < -0.3 is 9.84 Å². The molecule has 1 aromatic rings. The van der Waals surface area contributed by atoms with E-state index in [0.717, 1.165) is 6.07 Å². The molecule has 0 spiro atoms. The van der Waals surface area contributed by atoms with E-state index >= 15 is 0 Å². The number of sulfonamides is 1. The predicted molar refractivity (Wildman–Crippen MR) is 75.7 cm³/mol. The lowest BCUT2D eigenvalue weighted by molar-refractivity contribution is 0.0691. The molecule has 0 aliphatic heterocycles. The van der Waals surface area contributed by atoms with Crippen molar-refractivity contribution in [1.82, 2.24) is 4.89 Å².